The van der Waals surface area contributed by atoms with Gasteiger partial charge in [0.05, 0.1) is 5.75 Å². The summed E-state index contributed by atoms with van der Waals surface area (Å²) in [4.78, 5) is 5.21. The van der Waals surface area contributed by atoms with E-state index in [-0.39, 0.29) is 5.82 Å². The molecule has 1 N–H and O–H groups in total. The third-order valence-corrected chi connectivity index (χ3v) is 3.32. The van der Waals surface area contributed by atoms with E-state index >= 15 is 0 Å². The van der Waals surface area contributed by atoms with Gasteiger partial charge in [0.1, 0.15) is 5.82 Å². The average molecular weight is 281 g/mol. The van der Waals surface area contributed by atoms with Crippen molar-refractivity contribution in [1.29, 1.82) is 0 Å². The van der Waals surface area contributed by atoms with E-state index in [1.54, 1.807) is 23.9 Å². The quantitative estimate of drug-likeness (QED) is 0.820. The van der Waals surface area contributed by atoms with E-state index in [0.717, 1.165) is 11.4 Å². The van der Waals surface area contributed by atoms with Crippen LogP contribution in [0.2, 0.25) is 0 Å². The van der Waals surface area contributed by atoms with Gasteiger partial charge in [-0.05, 0) is 30.2 Å². The van der Waals surface area contributed by atoms with Crippen LogP contribution in [-0.2, 0) is 5.75 Å². The largest absolute Gasteiger partial charge is 0.337 e. The number of hydrogen-bond acceptors (Lipinski definition) is 5. The van der Waals surface area contributed by atoms with Crippen molar-refractivity contribution in [2.24, 2.45) is 5.92 Å². The maximum absolute atomic E-state index is 12.7. The molecule has 6 heteroatoms. The van der Waals surface area contributed by atoms with Crippen molar-refractivity contribution in [1.82, 2.24) is 10.1 Å². The predicted octanol–water partition coefficient (Wildman–Crippen LogP) is 3.57. The summed E-state index contributed by atoms with van der Waals surface area (Å²) in [6.07, 6.45) is 0. The van der Waals surface area contributed by atoms with Gasteiger partial charge in [-0.2, -0.15) is 4.98 Å². The molecule has 0 radical (unpaired) electrons. The molecule has 0 fully saturated rings. The van der Waals surface area contributed by atoms with Crippen LogP contribution in [-0.4, -0.2) is 16.7 Å². The SMILES string of the molecule is CC(C)CNc1nc(CSc2ccc(F)cc2)no1. The highest BCUT2D eigenvalue weighted by atomic mass is 32.2. The summed E-state index contributed by atoms with van der Waals surface area (Å²) < 4.78 is 17.8. The van der Waals surface area contributed by atoms with Crippen molar-refractivity contribution < 1.29 is 8.91 Å². The van der Waals surface area contributed by atoms with Crippen LogP contribution < -0.4 is 5.32 Å². The summed E-state index contributed by atoms with van der Waals surface area (Å²) in [6, 6.07) is 6.79. The zero-order chi connectivity index (χ0) is 13.7. The molecule has 1 aromatic carbocycles. The van der Waals surface area contributed by atoms with Gasteiger partial charge in [0.15, 0.2) is 5.82 Å². The Morgan fingerprint density at radius 1 is 1.32 bits per heavy atom. The molecule has 2 aromatic rings. The van der Waals surface area contributed by atoms with Crippen molar-refractivity contribution >= 4 is 17.8 Å². The van der Waals surface area contributed by atoms with E-state index in [2.05, 4.69) is 29.3 Å². The maximum atomic E-state index is 12.7. The Labute approximate surface area is 115 Å². The summed E-state index contributed by atoms with van der Waals surface area (Å²) in [6.45, 7) is 5.01. The molecular weight excluding hydrogens is 265 g/mol. The minimum atomic E-state index is -0.232. The Hall–Kier alpha value is -1.56. The topological polar surface area (TPSA) is 51.0 Å². The van der Waals surface area contributed by atoms with Crippen molar-refractivity contribution in [3.05, 3.63) is 35.9 Å². The highest BCUT2D eigenvalue weighted by Crippen LogP contribution is 2.22. The van der Waals surface area contributed by atoms with Gasteiger partial charge >= 0.3 is 6.01 Å². The molecule has 0 aliphatic rings. The number of nitrogens with zero attached hydrogens (tertiary/aromatic N) is 2. The fraction of sp³-hybridized carbons (Fsp3) is 0.385. The van der Waals surface area contributed by atoms with Crippen LogP contribution in [0.5, 0.6) is 0 Å². The summed E-state index contributed by atoms with van der Waals surface area (Å²) >= 11 is 1.54. The van der Waals surface area contributed by atoms with Gasteiger partial charge in [0, 0.05) is 11.4 Å². The minimum Gasteiger partial charge on any atom is -0.337 e. The molecule has 0 aliphatic carbocycles. The van der Waals surface area contributed by atoms with Gasteiger partial charge in [-0.1, -0.05) is 19.0 Å². The molecule has 0 amide bonds. The lowest BCUT2D eigenvalue weighted by molar-refractivity contribution is 0.423. The summed E-state index contributed by atoms with van der Waals surface area (Å²) in [7, 11) is 0. The third kappa shape index (κ3) is 4.55. The normalized spacial score (nSPS) is 10.9. The summed E-state index contributed by atoms with van der Waals surface area (Å²) in [5.41, 5.74) is 0. The zero-order valence-corrected chi connectivity index (χ0v) is 11.7. The van der Waals surface area contributed by atoms with Crippen LogP contribution in [0.3, 0.4) is 0 Å². The molecule has 19 heavy (non-hydrogen) atoms. The average Bonchev–Trinajstić information content (AvgIpc) is 2.84. The number of hydrogen-bond donors (Lipinski definition) is 1. The monoisotopic (exact) mass is 281 g/mol. The molecule has 0 spiro atoms. The van der Waals surface area contributed by atoms with Crippen LogP contribution in [0.4, 0.5) is 10.4 Å². The van der Waals surface area contributed by atoms with Crippen LogP contribution in [0.1, 0.15) is 19.7 Å². The lowest BCUT2D eigenvalue weighted by Gasteiger charge is -2.02. The zero-order valence-electron chi connectivity index (χ0n) is 10.9. The Morgan fingerprint density at radius 2 is 2.05 bits per heavy atom. The second-order valence-corrected chi connectivity index (χ2v) is 5.58. The summed E-state index contributed by atoms with van der Waals surface area (Å²) in [5, 5.41) is 6.95. The van der Waals surface area contributed by atoms with Crippen molar-refractivity contribution in [2.45, 2.75) is 24.5 Å². The molecule has 0 aliphatic heterocycles. The highest BCUT2D eigenvalue weighted by molar-refractivity contribution is 7.98. The molecule has 102 valence electrons. The van der Waals surface area contributed by atoms with E-state index in [0.29, 0.717) is 23.5 Å². The first-order valence-corrected chi connectivity index (χ1v) is 7.07. The molecular formula is C13H16FN3OS. The Morgan fingerprint density at radius 3 is 2.74 bits per heavy atom. The molecule has 0 saturated carbocycles. The van der Waals surface area contributed by atoms with Crippen molar-refractivity contribution in [2.75, 3.05) is 11.9 Å². The standard InChI is InChI=1S/C13H16FN3OS/c1-9(2)7-15-13-16-12(17-18-13)8-19-11-5-3-10(14)4-6-11/h3-6,9H,7-8H2,1-2H3,(H,15,16,17). The first-order valence-electron chi connectivity index (χ1n) is 6.08. The Balaban J connectivity index is 1.84. The number of rotatable bonds is 6. The lowest BCUT2D eigenvalue weighted by Crippen LogP contribution is -2.07. The van der Waals surface area contributed by atoms with E-state index in [9.17, 15) is 4.39 Å². The molecule has 1 heterocycles. The predicted molar refractivity (Wildman–Crippen MR) is 73.6 cm³/mol. The minimum absolute atomic E-state index is 0.232. The van der Waals surface area contributed by atoms with Gasteiger partial charge in [0.25, 0.3) is 0 Å². The fourth-order valence-corrected chi connectivity index (χ4v) is 2.10. The summed E-state index contributed by atoms with van der Waals surface area (Å²) in [5.74, 6) is 1.51. The lowest BCUT2D eigenvalue weighted by atomic mass is 10.2. The number of anilines is 1. The molecule has 2 rings (SSSR count). The maximum Gasteiger partial charge on any atom is 0.321 e. The molecule has 0 bridgehead atoms. The van der Waals surface area contributed by atoms with E-state index in [1.165, 1.54) is 12.1 Å². The van der Waals surface area contributed by atoms with Crippen molar-refractivity contribution in [3.8, 4) is 0 Å². The highest BCUT2D eigenvalue weighted by Gasteiger charge is 2.07. The first-order chi connectivity index (χ1) is 9.13. The third-order valence-electron chi connectivity index (χ3n) is 2.31. The van der Waals surface area contributed by atoms with Crippen LogP contribution in [0.15, 0.2) is 33.7 Å². The molecule has 4 nitrogen and oxygen atoms in total. The van der Waals surface area contributed by atoms with Crippen molar-refractivity contribution in [3.63, 3.8) is 0 Å². The molecule has 0 atom stereocenters. The number of thioether (sulfide) groups is 1. The van der Waals surface area contributed by atoms with Crippen LogP contribution >= 0.6 is 11.8 Å². The molecule has 0 saturated heterocycles. The first kappa shape index (κ1) is 13.9. The van der Waals surface area contributed by atoms with Gasteiger partial charge in [0.2, 0.25) is 0 Å². The Kier molecular flexibility index (Phi) is 4.79. The number of halogens is 1. The molecule has 1 aromatic heterocycles. The second kappa shape index (κ2) is 6.56. The van der Waals surface area contributed by atoms with Gasteiger partial charge in [-0.3, -0.25) is 0 Å². The van der Waals surface area contributed by atoms with Gasteiger partial charge in [-0.25, -0.2) is 4.39 Å². The van der Waals surface area contributed by atoms with E-state index in [4.69, 9.17) is 4.52 Å². The van der Waals surface area contributed by atoms with Crippen LogP contribution in [0, 0.1) is 11.7 Å². The smallest absolute Gasteiger partial charge is 0.321 e. The number of benzene rings is 1. The number of aromatic nitrogens is 2. The van der Waals surface area contributed by atoms with E-state index in [1.807, 2.05) is 0 Å². The van der Waals surface area contributed by atoms with E-state index < -0.39 is 0 Å². The fourth-order valence-electron chi connectivity index (χ4n) is 1.35. The van der Waals surface area contributed by atoms with Crippen LogP contribution in [0.25, 0.3) is 0 Å². The Bertz CT molecular complexity index is 513. The number of nitrogens with one attached hydrogen (secondary N) is 1. The molecule has 0 unspecified atom stereocenters. The van der Waals surface area contributed by atoms with Gasteiger partial charge < -0.3 is 9.84 Å². The van der Waals surface area contributed by atoms with Gasteiger partial charge in [-0.15, -0.1) is 11.8 Å². The second-order valence-electron chi connectivity index (χ2n) is 4.53.